The van der Waals surface area contributed by atoms with Gasteiger partial charge in [0.05, 0.1) is 4.92 Å². The van der Waals surface area contributed by atoms with E-state index < -0.39 is 0 Å². The number of hydrogen-bond donors (Lipinski definition) is 1. The molecule has 1 aromatic rings. The van der Waals surface area contributed by atoms with E-state index in [9.17, 15) is 10.1 Å². The van der Waals surface area contributed by atoms with Gasteiger partial charge in [-0.15, -0.1) is 0 Å². The molecule has 1 N–H and O–H groups in total. The molecule has 0 saturated carbocycles. The van der Waals surface area contributed by atoms with Crippen LogP contribution in [0.1, 0.15) is 12.0 Å². The minimum Gasteiger partial charge on any atom is -0.379 e. The molecule has 0 amide bonds. The lowest BCUT2D eigenvalue weighted by Crippen LogP contribution is -2.16. The topological polar surface area (TPSA) is 58.4 Å². The van der Waals surface area contributed by atoms with Gasteiger partial charge in [-0.3, -0.25) is 10.1 Å². The first-order valence-corrected chi connectivity index (χ1v) is 5.65. The molecule has 17 heavy (non-hydrogen) atoms. The zero-order valence-electron chi connectivity index (χ0n) is 10.6. The average molecular weight is 237 g/mol. The third-order valence-electron chi connectivity index (χ3n) is 2.52. The monoisotopic (exact) mass is 237 g/mol. The van der Waals surface area contributed by atoms with Crippen molar-refractivity contribution in [2.75, 3.05) is 32.5 Å². The van der Waals surface area contributed by atoms with E-state index in [4.69, 9.17) is 0 Å². The number of rotatable bonds is 6. The third kappa shape index (κ3) is 4.03. The van der Waals surface area contributed by atoms with Crippen LogP contribution in [0.25, 0.3) is 0 Å². The Balaban J connectivity index is 2.64. The first-order chi connectivity index (χ1) is 8.02. The van der Waals surface area contributed by atoms with Gasteiger partial charge in [0.25, 0.3) is 5.69 Å². The number of para-hydroxylation sites is 1. The van der Waals surface area contributed by atoms with Gasteiger partial charge in [-0.05, 0) is 40.1 Å². The Hall–Kier alpha value is -1.62. The third-order valence-corrected chi connectivity index (χ3v) is 2.52. The van der Waals surface area contributed by atoms with E-state index in [0.29, 0.717) is 11.3 Å². The second-order valence-corrected chi connectivity index (χ2v) is 4.31. The van der Waals surface area contributed by atoms with E-state index in [1.54, 1.807) is 19.1 Å². The Kier molecular flexibility index (Phi) is 4.90. The molecule has 0 aliphatic heterocycles. The van der Waals surface area contributed by atoms with E-state index in [2.05, 4.69) is 10.2 Å². The predicted molar refractivity (Wildman–Crippen MR) is 69.5 cm³/mol. The van der Waals surface area contributed by atoms with Gasteiger partial charge in [0.1, 0.15) is 5.69 Å². The fourth-order valence-corrected chi connectivity index (χ4v) is 1.66. The molecule has 5 heteroatoms. The maximum atomic E-state index is 10.9. The average Bonchev–Trinajstić information content (AvgIpc) is 2.23. The van der Waals surface area contributed by atoms with Crippen molar-refractivity contribution >= 4 is 11.4 Å². The number of benzene rings is 1. The summed E-state index contributed by atoms with van der Waals surface area (Å²) in [6.07, 6.45) is 0.956. The van der Waals surface area contributed by atoms with Crippen molar-refractivity contribution in [1.29, 1.82) is 0 Å². The summed E-state index contributed by atoms with van der Waals surface area (Å²) in [6, 6.07) is 5.33. The van der Waals surface area contributed by atoms with Crippen molar-refractivity contribution in [3.63, 3.8) is 0 Å². The SMILES string of the molecule is Cc1cccc(NCCCN(C)C)c1[N+](=O)[O-]. The fraction of sp³-hybridized carbons (Fsp3) is 0.500. The highest BCUT2D eigenvalue weighted by Gasteiger charge is 2.15. The van der Waals surface area contributed by atoms with E-state index in [0.717, 1.165) is 19.5 Å². The number of anilines is 1. The molecule has 0 bridgehead atoms. The van der Waals surface area contributed by atoms with Crippen molar-refractivity contribution in [2.45, 2.75) is 13.3 Å². The second-order valence-electron chi connectivity index (χ2n) is 4.31. The number of nitrogens with zero attached hydrogens (tertiary/aromatic N) is 2. The maximum absolute atomic E-state index is 10.9. The molecule has 94 valence electrons. The lowest BCUT2D eigenvalue weighted by atomic mass is 10.1. The van der Waals surface area contributed by atoms with Crippen LogP contribution < -0.4 is 5.32 Å². The summed E-state index contributed by atoms with van der Waals surface area (Å²) in [6.45, 7) is 3.46. The normalized spacial score (nSPS) is 10.6. The standard InChI is InChI=1S/C12H19N3O2/c1-10-6-4-7-11(12(10)15(16)17)13-8-5-9-14(2)3/h4,6-7,13H,5,8-9H2,1-3H3. The summed E-state index contributed by atoms with van der Waals surface area (Å²) < 4.78 is 0. The Labute approximate surface area is 102 Å². The van der Waals surface area contributed by atoms with Gasteiger partial charge in [-0.2, -0.15) is 0 Å². The highest BCUT2D eigenvalue weighted by Crippen LogP contribution is 2.27. The van der Waals surface area contributed by atoms with Gasteiger partial charge in [0, 0.05) is 12.1 Å². The number of hydrogen-bond acceptors (Lipinski definition) is 4. The van der Waals surface area contributed by atoms with E-state index in [1.807, 2.05) is 20.2 Å². The Bertz CT molecular complexity index is 391. The number of nitro groups is 1. The summed E-state index contributed by atoms with van der Waals surface area (Å²) in [5.74, 6) is 0. The number of nitro benzene ring substituents is 1. The highest BCUT2D eigenvalue weighted by atomic mass is 16.6. The number of nitrogens with one attached hydrogen (secondary N) is 1. The first-order valence-electron chi connectivity index (χ1n) is 5.65. The van der Waals surface area contributed by atoms with Crippen LogP contribution in [0.3, 0.4) is 0 Å². The Morgan fingerprint density at radius 2 is 2.12 bits per heavy atom. The molecule has 5 nitrogen and oxygen atoms in total. The van der Waals surface area contributed by atoms with Crippen molar-refractivity contribution in [3.05, 3.63) is 33.9 Å². The molecule has 0 aliphatic carbocycles. The first kappa shape index (κ1) is 13.4. The molecular formula is C12H19N3O2. The molecule has 0 radical (unpaired) electrons. The van der Waals surface area contributed by atoms with Gasteiger partial charge < -0.3 is 10.2 Å². The Morgan fingerprint density at radius 3 is 2.71 bits per heavy atom. The lowest BCUT2D eigenvalue weighted by Gasteiger charge is -2.11. The summed E-state index contributed by atoms with van der Waals surface area (Å²) >= 11 is 0. The van der Waals surface area contributed by atoms with Crippen molar-refractivity contribution in [2.24, 2.45) is 0 Å². The van der Waals surface area contributed by atoms with Crippen molar-refractivity contribution < 1.29 is 4.92 Å². The fourth-order valence-electron chi connectivity index (χ4n) is 1.66. The molecule has 0 aromatic heterocycles. The van der Waals surface area contributed by atoms with Crippen molar-refractivity contribution in [3.8, 4) is 0 Å². The van der Waals surface area contributed by atoms with Crippen LogP contribution in [0, 0.1) is 17.0 Å². The zero-order chi connectivity index (χ0) is 12.8. The summed E-state index contributed by atoms with van der Waals surface area (Å²) in [5.41, 5.74) is 1.47. The summed E-state index contributed by atoms with van der Waals surface area (Å²) in [7, 11) is 4.02. The predicted octanol–water partition coefficient (Wildman–Crippen LogP) is 2.27. The molecule has 0 spiro atoms. The van der Waals surface area contributed by atoms with E-state index >= 15 is 0 Å². The maximum Gasteiger partial charge on any atom is 0.295 e. The smallest absolute Gasteiger partial charge is 0.295 e. The van der Waals surface area contributed by atoms with Gasteiger partial charge in [-0.25, -0.2) is 0 Å². The van der Waals surface area contributed by atoms with Crippen LogP contribution in [0.5, 0.6) is 0 Å². The van der Waals surface area contributed by atoms with Gasteiger partial charge >= 0.3 is 0 Å². The lowest BCUT2D eigenvalue weighted by molar-refractivity contribution is -0.384. The molecule has 0 unspecified atom stereocenters. The van der Waals surface area contributed by atoms with E-state index in [1.165, 1.54) is 0 Å². The number of aryl methyl sites for hydroxylation is 1. The van der Waals surface area contributed by atoms with Crippen LogP contribution >= 0.6 is 0 Å². The quantitative estimate of drug-likeness (QED) is 0.468. The summed E-state index contributed by atoms with van der Waals surface area (Å²) in [5, 5.41) is 14.1. The van der Waals surface area contributed by atoms with Gasteiger partial charge in [0.15, 0.2) is 0 Å². The molecule has 0 fully saturated rings. The Morgan fingerprint density at radius 1 is 1.41 bits per heavy atom. The molecular weight excluding hydrogens is 218 g/mol. The molecule has 0 heterocycles. The zero-order valence-corrected chi connectivity index (χ0v) is 10.6. The second kappa shape index (κ2) is 6.20. The minimum absolute atomic E-state index is 0.178. The van der Waals surface area contributed by atoms with Crippen LogP contribution in [0.4, 0.5) is 11.4 Å². The summed E-state index contributed by atoms with van der Waals surface area (Å²) in [4.78, 5) is 12.7. The van der Waals surface area contributed by atoms with E-state index in [-0.39, 0.29) is 10.6 Å². The molecule has 0 atom stereocenters. The van der Waals surface area contributed by atoms with Gasteiger partial charge in [-0.1, -0.05) is 12.1 Å². The molecule has 0 saturated heterocycles. The molecule has 1 rings (SSSR count). The van der Waals surface area contributed by atoms with Crippen LogP contribution in [0.15, 0.2) is 18.2 Å². The highest BCUT2D eigenvalue weighted by molar-refractivity contribution is 5.64. The minimum atomic E-state index is -0.330. The van der Waals surface area contributed by atoms with Crippen LogP contribution in [0.2, 0.25) is 0 Å². The van der Waals surface area contributed by atoms with Crippen molar-refractivity contribution in [1.82, 2.24) is 4.90 Å². The van der Waals surface area contributed by atoms with Crippen LogP contribution in [-0.2, 0) is 0 Å². The molecule has 1 aromatic carbocycles. The largest absolute Gasteiger partial charge is 0.379 e. The van der Waals surface area contributed by atoms with Crippen LogP contribution in [-0.4, -0.2) is 37.0 Å². The van der Waals surface area contributed by atoms with Gasteiger partial charge in [0.2, 0.25) is 0 Å². The molecule has 0 aliphatic rings.